The lowest BCUT2D eigenvalue weighted by Gasteiger charge is -2.37. The smallest absolute Gasteiger partial charge is 0.0586 e. The third-order valence-electron chi connectivity index (χ3n) is 3.04. The van der Waals surface area contributed by atoms with Crippen molar-refractivity contribution in [1.82, 2.24) is 0 Å². The number of benzene rings is 1. The Hall–Kier alpha value is 0.1000. The monoisotopic (exact) mass is 334 g/mol. The molecule has 0 aromatic heterocycles. The van der Waals surface area contributed by atoms with Crippen molar-refractivity contribution < 1.29 is 0 Å². The maximum atomic E-state index is 5.99. The van der Waals surface area contributed by atoms with Crippen LogP contribution in [0.5, 0.6) is 0 Å². The molecule has 1 aromatic rings. The summed E-state index contributed by atoms with van der Waals surface area (Å²) in [5.41, 5.74) is 7.06. The molecule has 5 heteroatoms. The second-order valence-electron chi connectivity index (χ2n) is 4.39. The van der Waals surface area contributed by atoms with Crippen LogP contribution in [0.15, 0.2) is 22.7 Å². The minimum atomic E-state index is 0.0379. The topological polar surface area (TPSA) is 38.0 Å². The molecule has 0 spiro atoms. The lowest BCUT2D eigenvalue weighted by atomic mass is 9.95. The highest BCUT2D eigenvalue weighted by atomic mass is 79.9. The molecule has 1 unspecified atom stereocenters. The van der Waals surface area contributed by atoms with Crippen LogP contribution in [0.4, 0.5) is 5.69 Å². The first-order chi connectivity index (χ1) is 8.15. The van der Waals surface area contributed by atoms with Gasteiger partial charge < -0.3 is 11.1 Å². The molecule has 0 radical (unpaired) electrons. The van der Waals surface area contributed by atoms with E-state index in [1.54, 1.807) is 0 Å². The molecular weight excluding hydrogens is 320 g/mol. The number of nitrogens with one attached hydrogen (secondary N) is 1. The van der Waals surface area contributed by atoms with Crippen LogP contribution in [0.1, 0.15) is 12.8 Å². The average molecular weight is 336 g/mol. The predicted molar refractivity (Wildman–Crippen MR) is 81.1 cm³/mol. The average Bonchev–Trinajstić information content (AvgIpc) is 2.35. The SMILES string of the molecule is NCC1(Nc2ccc(Cl)c(Br)c2)CCCSC1. The van der Waals surface area contributed by atoms with Gasteiger partial charge in [0.15, 0.2) is 0 Å². The van der Waals surface area contributed by atoms with Gasteiger partial charge in [-0.25, -0.2) is 0 Å². The van der Waals surface area contributed by atoms with Gasteiger partial charge in [0.25, 0.3) is 0 Å². The van der Waals surface area contributed by atoms with Crippen molar-refractivity contribution in [3.05, 3.63) is 27.7 Å². The Balaban J connectivity index is 2.14. The lowest BCUT2D eigenvalue weighted by Crippen LogP contribution is -2.49. The number of hydrogen-bond acceptors (Lipinski definition) is 3. The first-order valence-corrected chi connectivity index (χ1v) is 7.99. The summed E-state index contributed by atoms with van der Waals surface area (Å²) in [5, 5.41) is 4.31. The van der Waals surface area contributed by atoms with Gasteiger partial charge in [0.1, 0.15) is 0 Å². The summed E-state index contributed by atoms with van der Waals surface area (Å²) in [5.74, 6) is 2.32. The van der Waals surface area contributed by atoms with Crippen molar-refractivity contribution in [3.63, 3.8) is 0 Å². The van der Waals surface area contributed by atoms with Crippen molar-refractivity contribution >= 4 is 45.0 Å². The van der Waals surface area contributed by atoms with Crippen LogP contribution in [0.2, 0.25) is 5.02 Å². The third-order valence-corrected chi connectivity index (χ3v) is 5.59. The summed E-state index contributed by atoms with van der Waals surface area (Å²) in [4.78, 5) is 0. The van der Waals surface area contributed by atoms with E-state index in [1.807, 2.05) is 30.0 Å². The van der Waals surface area contributed by atoms with Gasteiger partial charge in [0.05, 0.1) is 10.6 Å². The number of halogens is 2. The second-order valence-corrected chi connectivity index (χ2v) is 6.76. The molecule has 1 aliphatic rings. The van der Waals surface area contributed by atoms with Gasteiger partial charge in [-0.3, -0.25) is 0 Å². The molecule has 1 heterocycles. The maximum Gasteiger partial charge on any atom is 0.0586 e. The molecule has 1 aliphatic heterocycles. The molecule has 17 heavy (non-hydrogen) atoms. The fraction of sp³-hybridized carbons (Fsp3) is 0.500. The molecule has 0 saturated carbocycles. The lowest BCUT2D eigenvalue weighted by molar-refractivity contribution is 0.476. The van der Waals surface area contributed by atoms with Crippen molar-refractivity contribution in [3.8, 4) is 0 Å². The first kappa shape index (κ1) is 13.5. The van der Waals surface area contributed by atoms with E-state index >= 15 is 0 Å². The van der Waals surface area contributed by atoms with Gasteiger partial charge in [-0.2, -0.15) is 11.8 Å². The number of thioether (sulfide) groups is 1. The van der Waals surface area contributed by atoms with Crippen LogP contribution in [0.3, 0.4) is 0 Å². The van der Waals surface area contributed by atoms with E-state index in [2.05, 4.69) is 21.2 Å². The quantitative estimate of drug-likeness (QED) is 0.883. The number of anilines is 1. The number of nitrogens with two attached hydrogens (primary N) is 1. The van der Waals surface area contributed by atoms with E-state index in [0.29, 0.717) is 6.54 Å². The van der Waals surface area contributed by atoms with E-state index in [0.717, 1.165) is 27.4 Å². The molecule has 3 N–H and O–H groups in total. The Kier molecular flexibility index (Phi) is 4.64. The highest BCUT2D eigenvalue weighted by Crippen LogP contribution is 2.32. The van der Waals surface area contributed by atoms with Crippen molar-refractivity contribution in [1.29, 1.82) is 0 Å². The zero-order chi connectivity index (χ0) is 12.3. The predicted octanol–water partition coefficient (Wildman–Crippen LogP) is 3.74. The summed E-state index contributed by atoms with van der Waals surface area (Å²) in [6.45, 7) is 0.667. The fourth-order valence-electron chi connectivity index (χ4n) is 2.04. The standard InChI is InChI=1S/C12H16BrClN2S/c13-10-6-9(2-3-11(10)14)16-12(7-15)4-1-5-17-8-12/h2-3,6,16H,1,4-5,7-8,15H2. The summed E-state index contributed by atoms with van der Waals surface area (Å²) >= 11 is 11.4. The molecule has 1 saturated heterocycles. The zero-order valence-electron chi connectivity index (χ0n) is 9.51. The molecular formula is C12H16BrClN2S. The van der Waals surface area contributed by atoms with Crippen molar-refractivity contribution in [2.75, 3.05) is 23.4 Å². The summed E-state index contributed by atoms with van der Waals surface area (Å²) in [6, 6.07) is 5.91. The zero-order valence-corrected chi connectivity index (χ0v) is 12.7. The van der Waals surface area contributed by atoms with E-state index in [1.165, 1.54) is 12.2 Å². The van der Waals surface area contributed by atoms with Crippen LogP contribution in [0.25, 0.3) is 0 Å². The van der Waals surface area contributed by atoms with Crippen LogP contribution >= 0.6 is 39.3 Å². The van der Waals surface area contributed by atoms with Gasteiger partial charge in [0.2, 0.25) is 0 Å². The van der Waals surface area contributed by atoms with Crippen molar-refractivity contribution in [2.24, 2.45) is 5.73 Å². The highest BCUT2D eigenvalue weighted by Gasteiger charge is 2.30. The van der Waals surface area contributed by atoms with Gasteiger partial charge in [0, 0.05) is 22.5 Å². The molecule has 94 valence electrons. The number of rotatable bonds is 3. The largest absolute Gasteiger partial charge is 0.377 e. The molecule has 1 aromatic carbocycles. The Morgan fingerprint density at radius 2 is 2.35 bits per heavy atom. The Labute approximate surface area is 120 Å². The Morgan fingerprint density at radius 1 is 1.53 bits per heavy atom. The van der Waals surface area contributed by atoms with Crippen LogP contribution in [-0.2, 0) is 0 Å². The third kappa shape index (κ3) is 3.31. The van der Waals surface area contributed by atoms with Gasteiger partial charge in [-0.1, -0.05) is 11.6 Å². The Bertz CT molecular complexity index is 394. The highest BCUT2D eigenvalue weighted by molar-refractivity contribution is 9.10. The van der Waals surface area contributed by atoms with Gasteiger partial charge in [-0.05, 0) is 52.7 Å². The number of hydrogen-bond donors (Lipinski definition) is 2. The van der Waals surface area contributed by atoms with Crippen LogP contribution in [-0.4, -0.2) is 23.6 Å². The molecule has 2 rings (SSSR count). The van der Waals surface area contributed by atoms with E-state index < -0.39 is 0 Å². The maximum absolute atomic E-state index is 5.99. The van der Waals surface area contributed by atoms with Gasteiger partial charge in [-0.15, -0.1) is 0 Å². The first-order valence-electron chi connectivity index (χ1n) is 5.66. The minimum absolute atomic E-state index is 0.0379. The molecule has 1 fully saturated rings. The molecule has 1 atom stereocenters. The summed E-state index contributed by atoms with van der Waals surface area (Å²) in [6.07, 6.45) is 2.36. The van der Waals surface area contributed by atoms with Crippen LogP contribution < -0.4 is 11.1 Å². The van der Waals surface area contributed by atoms with E-state index in [9.17, 15) is 0 Å². The molecule has 0 aliphatic carbocycles. The Morgan fingerprint density at radius 3 is 2.94 bits per heavy atom. The second kappa shape index (κ2) is 5.83. The fourth-order valence-corrected chi connectivity index (χ4v) is 3.76. The molecule has 0 amide bonds. The van der Waals surface area contributed by atoms with Gasteiger partial charge >= 0.3 is 0 Å². The molecule has 2 nitrogen and oxygen atoms in total. The van der Waals surface area contributed by atoms with Crippen LogP contribution in [0, 0.1) is 0 Å². The minimum Gasteiger partial charge on any atom is -0.377 e. The summed E-state index contributed by atoms with van der Waals surface area (Å²) in [7, 11) is 0. The molecule has 0 bridgehead atoms. The van der Waals surface area contributed by atoms with E-state index in [-0.39, 0.29) is 5.54 Å². The normalized spacial score (nSPS) is 24.6. The van der Waals surface area contributed by atoms with Crippen molar-refractivity contribution in [2.45, 2.75) is 18.4 Å². The van der Waals surface area contributed by atoms with E-state index in [4.69, 9.17) is 17.3 Å². The summed E-state index contributed by atoms with van der Waals surface area (Å²) < 4.78 is 0.916.